The van der Waals surface area contributed by atoms with Crippen molar-refractivity contribution < 1.29 is 4.79 Å². The minimum absolute atomic E-state index is 0.217. The summed E-state index contributed by atoms with van der Waals surface area (Å²) in [4.78, 5) is 17.4. The molecule has 2 aromatic rings. The highest BCUT2D eigenvalue weighted by molar-refractivity contribution is 7.11. The maximum Gasteiger partial charge on any atom is 0.315 e. The summed E-state index contributed by atoms with van der Waals surface area (Å²) in [7, 11) is 0. The molecule has 1 fully saturated rings. The number of hydrogen-bond donors (Lipinski definition) is 2. The molecule has 2 heterocycles. The van der Waals surface area contributed by atoms with E-state index in [-0.39, 0.29) is 12.1 Å². The smallest absolute Gasteiger partial charge is 0.315 e. The molecule has 2 N–H and O–H groups in total. The molecule has 2 amide bonds. The van der Waals surface area contributed by atoms with Crippen LogP contribution in [0, 0.1) is 6.92 Å². The second-order valence-corrected chi connectivity index (χ2v) is 6.77. The first-order chi connectivity index (χ1) is 10.6. The summed E-state index contributed by atoms with van der Waals surface area (Å²) in [5.41, 5.74) is 0. The molecule has 22 heavy (non-hydrogen) atoms. The van der Waals surface area contributed by atoms with Gasteiger partial charge in [-0.3, -0.25) is 0 Å². The number of amides is 2. The fraction of sp³-hybridized carbons (Fsp3) is 0.615. The van der Waals surface area contributed by atoms with E-state index in [9.17, 15) is 4.79 Å². The fourth-order valence-electron chi connectivity index (χ4n) is 2.18. The summed E-state index contributed by atoms with van der Waals surface area (Å²) in [6.45, 7) is 4.46. The van der Waals surface area contributed by atoms with Crippen LogP contribution in [0.3, 0.4) is 0 Å². The van der Waals surface area contributed by atoms with Crippen LogP contribution in [0.15, 0.2) is 6.20 Å². The minimum atomic E-state index is -0.224. The third kappa shape index (κ3) is 3.59. The van der Waals surface area contributed by atoms with Crippen LogP contribution < -0.4 is 10.6 Å². The van der Waals surface area contributed by atoms with Crippen molar-refractivity contribution in [3.8, 4) is 0 Å². The van der Waals surface area contributed by atoms with E-state index in [1.54, 1.807) is 11.3 Å². The first-order valence-electron chi connectivity index (χ1n) is 7.37. The van der Waals surface area contributed by atoms with E-state index >= 15 is 0 Å². The van der Waals surface area contributed by atoms with Crippen LogP contribution >= 0.6 is 11.3 Å². The molecule has 1 aliphatic rings. The van der Waals surface area contributed by atoms with Gasteiger partial charge in [0.15, 0.2) is 5.82 Å². The number of rotatable bonds is 6. The van der Waals surface area contributed by atoms with Gasteiger partial charge in [-0.05, 0) is 37.1 Å². The first kappa shape index (κ1) is 14.9. The number of aryl methyl sites for hydroxylation is 1. The molecule has 9 heteroatoms. The van der Waals surface area contributed by atoms with Gasteiger partial charge in [0.25, 0.3) is 0 Å². The lowest BCUT2D eigenvalue weighted by Crippen LogP contribution is -2.38. The average Bonchev–Trinajstić information content (AvgIpc) is 3.05. The number of carbonyl (C=O) groups excluding carboxylic acids is 1. The maximum atomic E-state index is 11.9. The molecule has 0 radical (unpaired) electrons. The van der Waals surface area contributed by atoms with Crippen molar-refractivity contribution in [2.24, 2.45) is 0 Å². The van der Waals surface area contributed by atoms with Crippen LogP contribution in [0.5, 0.6) is 0 Å². The van der Waals surface area contributed by atoms with Crippen LogP contribution in [0.2, 0.25) is 0 Å². The summed E-state index contributed by atoms with van der Waals surface area (Å²) in [5, 5.41) is 18.4. The predicted molar refractivity (Wildman–Crippen MR) is 81.6 cm³/mol. The van der Waals surface area contributed by atoms with E-state index in [0.717, 1.165) is 24.3 Å². The van der Waals surface area contributed by atoms with Crippen molar-refractivity contribution in [3.63, 3.8) is 0 Å². The van der Waals surface area contributed by atoms with Gasteiger partial charge in [-0.15, -0.1) is 16.4 Å². The van der Waals surface area contributed by atoms with E-state index in [1.165, 1.54) is 4.88 Å². The molecule has 8 nitrogen and oxygen atoms in total. The lowest BCUT2D eigenvalue weighted by atomic mass is 10.3. The second kappa shape index (κ2) is 6.39. The normalized spacial score (nSPS) is 15.5. The highest BCUT2D eigenvalue weighted by Gasteiger charge is 2.29. The Labute approximate surface area is 132 Å². The van der Waals surface area contributed by atoms with Gasteiger partial charge in [0.05, 0.1) is 17.1 Å². The van der Waals surface area contributed by atoms with E-state index in [0.29, 0.717) is 18.4 Å². The molecule has 1 saturated carbocycles. The molecule has 1 atom stereocenters. The van der Waals surface area contributed by atoms with Gasteiger partial charge in [0, 0.05) is 24.0 Å². The number of thiazole rings is 1. The zero-order valence-electron chi connectivity index (χ0n) is 12.6. The number of nitrogens with zero attached hydrogens (tertiary/aromatic N) is 5. The topological polar surface area (TPSA) is 97.6 Å². The Balaban J connectivity index is 1.45. The molecular weight excluding hydrogens is 302 g/mol. The van der Waals surface area contributed by atoms with Crippen molar-refractivity contribution in [3.05, 3.63) is 21.9 Å². The maximum absolute atomic E-state index is 11.9. The van der Waals surface area contributed by atoms with E-state index in [2.05, 4.69) is 31.1 Å². The number of nitrogens with one attached hydrogen (secondary N) is 2. The number of carbonyl (C=O) groups is 1. The Morgan fingerprint density at radius 3 is 3.05 bits per heavy atom. The Kier molecular flexibility index (Phi) is 4.32. The molecule has 0 saturated heterocycles. The molecule has 1 aliphatic carbocycles. The lowest BCUT2D eigenvalue weighted by molar-refractivity contribution is 0.237. The second-order valence-electron chi connectivity index (χ2n) is 5.45. The van der Waals surface area contributed by atoms with E-state index in [4.69, 9.17) is 0 Å². The molecule has 0 bridgehead atoms. The standard InChI is InChI=1S/C13H19N7OS/c1-8-7-15-11(22-8)5-6-14-13(21)16-9(2)12-17-18-19-20(12)10-3-4-10/h7,9-10H,3-6H2,1-2H3,(H2,14,16,21)/t9-/m1/s1. The van der Waals surface area contributed by atoms with E-state index in [1.807, 2.05) is 24.7 Å². The van der Waals surface area contributed by atoms with Crippen molar-refractivity contribution in [2.75, 3.05) is 6.54 Å². The van der Waals surface area contributed by atoms with Gasteiger partial charge in [0.2, 0.25) is 0 Å². The molecular formula is C13H19N7OS. The quantitative estimate of drug-likeness (QED) is 0.837. The summed E-state index contributed by atoms with van der Waals surface area (Å²) < 4.78 is 1.81. The molecule has 0 unspecified atom stereocenters. The number of tetrazole rings is 1. The Hall–Kier alpha value is -2.03. The average molecular weight is 321 g/mol. The minimum Gasteiger partial charge on any atom is -0.338 e. The van der Waals surface area contributed by atoms with Crippen molar-refractivity contribution in [2.45, 2.75) is 45.2 Å². The Morgan fingerprint density at radius 1 is 1.55 bits per heavy atom. The Bertz CT molecular complexity index is 648. The van der Waals surface area contributed by atoms with Crippen LogP contribution in [0.4, 0.5) is 4.79 Å². The number of aromatic nitrogens is 5. The van der Waals surface area contributed by atoms with Crippen LogP contribution in [-0.4, -0.2) is 37.8 Å². The molecule has 3 rings (SSSR count). The third-order valence-corrected chi connectivity index (χ3v) is 4.41. The van der Waals surface area contributed by atoms with Crippen LogP contribution in [-0.2, 0) is 6.42 Å². The summed E-state index contributed by atoms with van der Waals surface area (Å²) in [5.74, 6) is 0.702. The van der Waals surface area contributed by atoms with Crippen LogP contribution in [0.1, 0.15) is 47.6 Å². The number of urea groups is 1. The largest absolute Gasteiger partial charge is 0.338 e. The van der Waals surface area contributed by atoms with Crippen molar-refractivity contribution in [1.29, 1.82) is 0 Å². The number of hydrogen-bond acceptors (Lipinski definition) is 6. The third-order valence-electron chi connectivity index (χ3n) is 3.44. The molecule has 0 spiro atoms. The summed E-state index contributed by atoms with van der Waals surface area (Å²) in [6.07, 6.45) is 4.79. The van der Waals surface area contributed by atoms with Gasteiger partial charge in [0.1, 0.15) is 0 Å². The van der Waals surface area contributed by atoms with Gasteiger partial charge in [-0.25, -0.2) is 14.5 Å². The van der Waals surface area contributed by atoms with E-state index < -0.39 is 0 Å². The van der Waals surface area contributed by atoms with Gasteiger partial charge >= 0.3 is 6.03 Å². The van der Waals surface area contributed by atoms with Crippen molar-refractivity contribution >= 4 is 17.4 Å². The van der Waals surface area contributed by atoms with Gasteiger partial charge < -0.3 is 10.6 Å². The van der Waals surface area contributed by atoms with Crippen molar-refractivity contribution in [1.82, 2.24) is 35.8 Å². The predicted octanol–water partition coefficient (Wildman–Crippen LogP) is 1.38. The monoisotopic (exact) mass is 321 g/mol. The lowest BCUT2D eigenvalue weighted by Gasteiger charge is -2.14. The summed E-state index contributed by atoms with van der Waals surface area (Å²) >= 11 is 1.65. The zero-order chi connectivity index (χ0) is 15.5. The van der Waals surface area contributed by atoms with Gasteiger partial charge in [-0.2, -0.15) is 0 Å². The fourth-order valence-corrected chi connectivity index (χ4v) is 2.96. The summed E-state index contributed by atoms with van der Waals surface area (Å²) in [6, 6.07) is -0.0470. The zero-order valence-corrected chi connectivity index (χ0v) is 13.4. The molecule has 2 aromatic heterocycles. The molecule has 0 aromatic carbocycles. The highest BCUT2D eigenvalue weighted by atomic mass is 32.1. The molecule has 118 valence electrons. The SMILES string of the molecule is Cc1cnc(CCNC(=O)N[C@H](C)c2nnnn2C2CC2)s1. The van der Waals surface area contributed by atoms with Gasteiger partial charge in [-0.1, -0.05) is 0 Å². The first-order valence-corrected chi connectivity index (χ1v) is 8.18. The molecule has 0 aliphatic heterocycles. The van der Waals surface area contributed by atoms with Crippen LogP contribution in [0.25, 0.3) is 0 Å². The Morgan fingerprint density at radius 2 is 2.36 bits per heavy atom. The highest BCUT2D eigenvalue weighted by Crippen LogP contribution is 2.35.